The minimum absolute atomic E-state index is 0.104. The van der Waals surface area contributed by atoms with E-state index in [2.05, 4.69) is 31.9 Å². The van der Waals surface area contributed by atoms with E-state index >= 15 is 0 Å². The zero-order valence-corrected chi connectivity index (χ0v) is 31.6. The number of carbonyl (C=O) groups excluding carboxylic acids is 3. The van der Waals surface area contributed by atoms with Gasteiger partial charge in [-0.2, -0.15) is 5.26 Å². The van der Waals surface area contributed by atoms with E-state index in [1.807, 2.05) is 62.5 Å². The molecule has 3 rings (SSSR count). The monoisotopic (exact) mass is 766 g/mol. The number of rotatable bonds is 4. The van der Waals surface area contributed by atoms with Gasteiger partial charge in [-0.1, -0.05) is 56.1 Å². The van der Waals surface area contributed by atoms with Gasteiger partial charge in [0.15, 0.2) is 5.78 Å². The number of ketones is 1. The van der Waals surface area contributed by atoms with Crippen LogP contribution >= 0.6 is 43.2 Å². The van der Waals surface area contributed by atoms with Crippen molar-refractivity contribution < 1.29 is 29.0 Å². The van der Waals surface area contributed by atoms with Crippen molar-refractivity contribution in [1.82, 2.24) is 0 Å². The molecule has 0 aliphatic heterocycles. The summed E-state index contributed by atoms with van der Waals surface area (Å²) in [6.45, 7) is 17.6. The Labute approximate surface area is 288 Å². The van der Waals surface area contributed by atoms with Gasteiger partial charge in [0.05, 0.1) is 11.7 Å². The molecule has 0 amide bonds. The third-order valence-corrected chi connectivity index (χ3v) is 6.34. The number of nitrogen functional groups attached to an aromatic ring is 1. The highest BCUT2D eigenvalue weighted by atomic mass is 79.9. The molecule has 0 aliphatic carbocycles. The number of nitrogens with zero attached hydrogens (tertiary/aromatic N) is 1. The molecule has 0 spiro atoms. The lowest BCUT2D eigenvalue weighted by molar-refractivity contribution is -0.153. The Bertz CT molecular complexity index is 1420. The predicted octanol–water partition coefficient (Wildman–Crippen LogP) is 9.39. The summed E-state index contributed by atoms with van der Waals surface area (Å²) in [5.74, 6) is -0.739. The number of benzene rings is 2. The molecule has 246 valence electrons. The Morgan fingerprint density at radius 1 is 0.844 bits per heavy atom. The molecule has 0 saturated carbocycles. The van der Waals surface area contributed by atoms with E-state index < -0.39 is 22.8 Å². The topological polar surface area (TPSA) is 140 Å². The molecular weight excluding hydrogens is 724 g/mol. The highest BCUT2D eigenvalue weighted by Crippen LogP contribution is 2.35. The number of anilines is 1. The summed E-state index contributed by atoms with van der Waals surface area (Å²) in [4.78, 5) is 33.7. The van der Waals surface area contributed by atoms with Crippen LogP contribution in [0.1, 0.15) is 96.4 Å². The molecule has 3 N–H and O–H groups in total. The summed E-state index contributed by atoms with van der Waals surface area (Å²) < 4.78 is 12.2. The van der Waals surface area contributed by atoms with Crippen molar-refractivity contribution in [2.75, 3.05) is 5.73 Å². The molecule has 0 saturated heterocycles. The van der Waals surface area contributed by atoms with Gasteiger partial charge in [-0.3, -0.25) is 9.59 Å². The van der Waals surface area contributed by atoms with Crippen molar-refractivity contribution in [2.45, 2.75) is 92.5 Å². The van der Waals surface area contributed by atoms with Gasteiger partial charge >= 0.3 is 11.9 Å². The zero-order valence-electron chi connectivity index (χ0n) is 27.6. The highest BCUT2D eigenvalue weighted by molar-refractivity contribution is 9.10. The quantitative estimate of drug-likeness (QED) is 0.198. The third-order valence-electron chi connectivity index (χ3n) is 4.47. The lowest BCUT2D eigenvalue weighted by Gasteiger charge is -2.20. The first-order valence-corrected chi connectivity index (χ1v) is 16.3. The Hall–Kier alpha value is -3.04. The second-order valence-electron chi connectivity index (χ2n) is 12.6. The molecule has 11 heteroatoms. The number of nitrogens with two attached hydrogens (primary N) is 1. The van der Waals surface area contributed by atoms with Crippen molar-refractivity contribution in [3.05, 3.63) is 74.0 Å². The van der Waals surface area contributed by atoms with Crippen LogP contribution in [0.25, 0.3) is 11.1 Å². The summed E-state index contributed by atoms with van der Waals surface area (Å²) >= 11 is 8.03. The summed E-state index contributed by atoms with van der Waals surface area (Å²) in [6.07, 6.45) is -0.169. The van der Waals surface area contributed by atoms with Crippen LogP contribution in [-0.4, -0.2) is 39.6 Å². The minimum Gasteiger partial charge on any atom is -0.459 e. The average Bonchev–Trinajstić information content (AvgIpc) is 3.24. The van der Waals surface area contributed by atoms with Crippen LogP contribution in [0.5, 0.6) is 0 Å². The van der Waals surface area contributed by atoms with E-state index in [1.54, 1.807) is 66.7 Å². The van der Waals surface area contributed by atoms with Crippen LogP contribution in [0.4, 0.5) is 5.00 Å². The van der Waals surface area contributed by atoms with Crippen molar-refractivity contribution >= 4 is 65.9 Å². The maximum Gasteiger partial charge on any atom is 0.342 e. The first kappa shape index (κ1) is 42.0. The van der Waals surface area contributed by atoms with Crippen molar-refractivity contribution in [2.24, 2.45) is 0 Å². The molecule has 0 aliphatic rings. The van der Waals surface area contributed by atoms with Crippen molar-refractivity contribution in [3.8, 4) is 17.2 Å². The van der Waals surface area contributed by atoms with E-state index in [1.165, 1.54) is 11.3 Å². The molecule has 8 nitrogen and oxygen atoms in total. The molecule has 2 aromatic carbocycles. The fourth-order valence-electron chi connectivity index (χ4n) is 2.88. The van der Waals surface area contributed by atoms with Crippen LogP contribution in [0.2, 0.25) is 0 Å². The Kier molecular flexibility index (Phi) is 17.5. The van der Waals surface area contributed by atoms with Gasteiger partial charge in [0, 0.05) is 25.5 Å². The molecule has 1 aromatic heterocycles. The van der Waals surface area contributed by atoms with Crippen LogP contribution in [0.15, 0.2) is 62.9 Å². The number of hydrogen-bond acceptors (Lipinski definition) is 9. The molecule has 0 radical (unpaired) electrons. The first-order chi connectivity index (χ1) is 20.4. The van der Waals surface area contributed by atoms with Crippen LogP contribution < -0.4 is 5.73 Å². The number of carbonyl (C=O) groups is 3. The van der Waals surface area contributed by atoms with Gasteiger partial charge in [0.1, 0.15) is 28.2 Å². The second kappa shape index (κ2) is 18.8. The maximum absolute atomic E-state index is 12.3. The highest BCUT2D eigenvalue weighted by Gasteiger charge is 2.24. The maximum atomic E-state index is 12.3. The summed E-state index contributed by atoms with van der Waals surface area (Å²) in [6, 6.07) is 16.8. The first-order valence-electron chi connectivity index (χ1n) is 13.9. The molecular formula is C34H44Br2N2O6S. The van der Waals surface area contributed by atoms with Crippen molar-refractivity contribution in [1.29, 1.82) is 5.26 Å². The fourth-order valence-corrected chi connectivity index (χ4v) is 4.22. The van der Waals surface area contributed by atoms with E-state index in [0.717, 1.165) is 25.6 Å². The standard InChI is InChI=1S/C15H16BrNO2S.C8H7BrO.C7H11NO2.C4H10O/c1-15(2,3)19-14(18)12-11(8-20-13(12)17)9-4-6-10(16)7-5-9;1-6(10)7-2-4-8(9)5-3-7;1-7(2,3)10-6(9)4-5-8;1-4(2,3)5/h4-8H,17H2,1-3H3;2-5H,1H3;4H2,1-3H3;5H,1-3H3. The number of ether oxygens (including phenoxy) is 2. The lowest BCUT2D eigenvalue weighted by Crippen LogP contribution is -2.24. The fraction of sp³-hybridized carbons (Fsp3) is 0.412. The SMILES string of the molecule is CC(=O)c1ccc(Br)cc1.CC(C)(C)O.CC(C)(C)OC(=O)CC#N.CC(C)(C)OC(=O)c1c(-c2ccc(Br)cc2)csc1N. The number of esters is 2. The number of nitriles is 1. The van der Waals surface area contributed by atoms with Gasteiger partial charge < -0.3 is 20.3 Å². The Morgan fingerprint density at radius 2 is 1.27 bits per heavy atom. The van der Waals surface area contributed by atoms with Gasteiger partial charge in [-0.05, 0) is 99.1 Å². The van der Waals surface area contributed by atoms with Gasteiger partial charge in [-0.15, -0.1) is 11.3 Å². The number of thiophene rings is 1. The van der Waals surface area contributed by atoms with E-state index in [4.69, 9.17) is 25.6 Å². The normalized spacial score (nSPS) is 10.8. The molecule has 0 atom stereocenters. The second-order valence-corrected chi connectivity index (χ2v) is 15.3. The van der Waals surface area contributed by atoms with Crippen LogP contribution in [0, 0.1) is 11.3 Å². The third kappa shape index (κ3) is 20.6. The van der Waals surface area contributed by atoms with Gasteiger partial charge in [-0.25, -0.2) is 4.79 Å². The van der Waals surface area contributed by atoms with Gasteiger partial charge in [0.25, 0.3) is 0 Å². The smallest absolute Gasteiger partial charge is 0.342 e. The van der Waals surface area contributed by atoms with E-state index in [-0.39, 0.29) is 18.2 Å². The molecule has 0 fully saturated rings. The van der Waals surface area contributed by atoms with E-state index in [0.29, 0.717) is 10.6 Å². The number of halogens is 2. The largest absolute Gasteiger partial charge is 0.459 e. The van der Waals surface area contributed by atoms with Gasteiger partial charge in [0.2, 0.25) is 0 Å². The number of aliphatic hydroxyl groups is 1. The zero-order chi connectivity index (χ0) is 35.2. The Morgan fingerprint density at radius 3 is 1.64 bits per heavy atom. The number of Topliss-reactive ketones (excluding diaryl/α,β-unsaturated/α-hetero) is 1. The Balaban J connectivity index is 0.000000652. The molecule has 1 heterocycles. The summed E-state index contributed by atoms with van der Waals surface area (Å²) in [5.41, 5.74) is 7.38. The molecule has 0 bridgehead atoms. The number of hydrogen-bond donors (Lipinski definition) is 2. The summed E-state index contributed by atoms with van der Waals surface area (Å²) in [7, 11) is 0. The molecule has 45 heavy (non-hydrogen) atoms. The van der Waals surface area contributed by atoms with E-state index in [9.17, 15) is 14.4 Å². The summed E-state index contributed by atoms with van der Waals surface area (Å²) in [5, 5.41) is 19.0. The predicted molar refractivity (Wildman–Crippen MR) is 189 cm³/mol. The lowest BCUT2D eigenvalue weighted by atomic mass is 10.0. The van der Waals surface area contributed by atoms with Crippen LogP contribution in [-0.2, 0) is 14.3 Å². The average molecular weight is 769 g/mol. The van der Waals surface area contributed by atoms with Crippen molar-refractivity contribution in [3.63, 3.8) is 0 Å². The molecule has 0 unspecified atom stereocenters. The molecule has 3 aromatic rings. The van der Waals surface area contributed by atoms with Crippen LogP contribution in [0.3, 0.4) is 0 Å². The minimum atomic E-state index is -0.539.